The smallest absolute Gasteiger partial charge is 0.233 e. The predicted molar refractivity (Wildman–Crippen MR) is 86.3 cm³/mol. The van der Waals surface area contributed by atoms with Gasteiger partial charge in [0.2, 0.25) is 5.91 Å². The summed E-state index contributed by atoms with van der Waals surface area (Å²) < 4.78 is 0. The Morgan fingerprint density at radius 1 is 0.952 bits per heavy atom. The first-order valence-electron chi connectivity index (χ1n) is 7.00. The molecule has 0 aromatic heterocycles. The first-order chi connectivity index (χ1) is 10.2. The fraction of sp³-hybridized carbons (Fsp3) is 0.235. The topological polar surface area (TPSA) is 41.1 Å². The molecule has 0 heterocycles. The third-order valence-corrected chi connectivity index (χ3v) is 3.36. The van der Waals surface area contributed by atoms with Crippen LogP contribution >= 0.6 is 11.6 Å². The number of amides is 1. The van der Waals surface area contributed by atoms with Gasteiger partial charge in [-0.05, 0) is 29.7 Å². The van der Waals surface area contributed by atoms with Crippen molar-refractivity contribution in [2.24, 2.45) is 0 Å². The van der Waals surface area contributed by atoms with Crippen molar-refractivity contribution in [3.63, 3.8) is 0 Å². The molecule has 2 aromatic rings. The van der Waals surface area contributed by atoms with Crippen LogP contribution < -0.4 is 10.6 Å². The van der Waals surface area contributed by atoms with E-state index in [9.17, 15) is 4.79 Å². The summed E-state index contributed by atoms with van der Waals surface area (Å²) in [7, 11) is 0. The van der Waals surface area contributed by atoms with Gasteiger partial charge in [0.15, 0.2) is 0 Å². The molecule has 0 saturated heterocycles. The van der Waals surface area contributed by atoms with Gasteiger partial charge in [0.05, 0.1) is 6.54 Å². The van der Waals surface area contributed by atoms with Crippen LogP contribution in [0, 0.1) is 0 Å². The van der Waals surface area contributed by atoms with E-state index in [2.05, 4.69) is 22.8 Å². The van der Waals surface area contributed by atoms with Crippen molar-refractivity contribution in [2.45, 2.75) is 13.0 Å². The van der Waals surface area contributed by atoms with E-state index in [0.29, 0.717) is 19.6 Å². The monoisotopic (exact) mass is 302 g/mol. The largest absolute Gasteiger partial charge is 0.355 e. The molecular weight excluding hydrogens is 284 g/mol. The second-order valence-electron chi connectivity index (χ2n) is 4.82. The molecule has 0 aliphatic heterocycles. The van der Waals surface area contributed by atoms with Gasteiger partial charge >= 0.3 is 0 Å². The Labute approximate surface area is 130 Å². The van der Waals surface area contributed by atoms with Crippen LogP contribution in [0.25, 0.3) is 0 Å². The molecule has 2 rings (SSSR count). The quantitative estimate of drug-likeness (QED) is 0.826. The molecule has 0 spiro atoms. The summed E-state index contributed by atoms with van der Waals surface area (Å²) in [5, 5.41) is 6.74. The Kier molecular flexibility index (Phi) is 6.25. The van der Waals surface area contributed by atoms with Crippen molar-refractivity contribution < 1.29 is 4.79 Å². The molecule has 1 amide bonds. The molecule has 0 radical (unpaired) electrons. The molecule has 3 nitrogen and oxygen atoms in total. The molecule has 0 bridgehead atoms. The number of rotatable bonds is 7. The van der Waals surface area contributed by atoms with Gasteiger partial charge in [0, 0.05) is 18.1 Å². The molecule has 0 unspecified atom stereocenters. The summed E-state index contributed by atoms with van der Waals surface area (Å²) in [6.07, 6.45) is 0.851. The molecular formula is C17H19ClN2O. The van der Waals surface area contributed by atoms with Crippen molar-refractivity contribution in [3.05, 3.63) is 70.7 Å². The molecule has 4 heteroatoms. The zero-order valence-electron chi connectivity index (χ0n) is 11.8. The number of benzene rings is 2. The number of hydrogen-bond donors (Lipinski definition) is 2. The highest BCUT2D eigenvalue weighted by Gasteiger charge is 2.00. The average Bonchev–Trinajstić information content (AvgIpc) is 2.50. The van der Waals surface area contributed by atoms with Gasteiger partial charge in [-0.3, -0.25) is 4.79 Å². The predicted octanol–water partition coefficient (Wildman–Crippen LogP) is 2.79. The number of nitrogens with one attached hydrogen (secondary N) is 2. The highest BCUT2D eigenvalue weighted by Crippen LogP contribution is 2.08. The highest BCUT2D eigenvalue weighted by atomic mass is 35.5. The van der Waals surface area contributed by atoms with Crippen molar-refractivity contribution in [2.75, 3.05) is 13.1 Å². The van der Waals surface area contributed by atoms with Gasteiger partial charge in [-0.25, -0.2) is 0 Å². The lowest BCUT2D eigenvalue weighted by molar-refractivity contribution is -0.120. The second-order valence-corrected chi connectivity index (χ2v) is 5.25. The minimum absolute atomic E-state index is 0.0138. The van der Waals surface area contributed by atoms with Crippen LogP contribution in [-0.2, 0) is 17.8 Å². The molecule has 0 aliphatic rings. The number of carbonyl (C=O) groups is 1. The first-order valence-corrected chi connectivity index (χ1v) is 7.37. The SMILES string of the molecule is O=C(CNCc1ccc(Cl)cc1)NCCc1ccccc1. The van der Waals surface area contributed by atoms with Crippen LogP contribution in [-0.4, -0.2) is 19.0 Å². The number of halogens is 1. The molecule has 21 heavy (non-hydrogen) atoms. The minimum atomic E-state index is 0.0138. The lowest BCUT2D eigenvalue weighted by Crippen LogP contribution is -2.34. The maximum atomic E-state index is 11.7. The summed E-state index contributed by atoms with van der Waals surface area (Å²) in [5.74, 6) is 0.0138. The van der Waals surface area contributed by atoms with E-state index in [1.165, 1.54) is 5.56 Å². The molecule has 0 aliphatic carbocycles. The van der Waals surface area contributed by atoms with Gasteiger partial charge in [-0.15, -0.1) is 0 Å². The van der Waals surface area contributed by atoms with E-state index < -0.39 is 0 Å². The molecule has 2 N–H and O–H groups in total. The second kappa shape index (κ2) is 8.45. The fourth-order valence-electron chi connectivity index (χ4n) is 1.98. The molecule has 2 aromatic carbocycles. The standard InChI is InChI=1S/C17H19ClN2O/c18-16-8-6-15(7-9-16)12-19-13-17(21)20-11-10-14-4-2-1-3-5-14/h1-9,19H,10-13H2,(H,20,21). The Morgan fingerprint density at radius 3 is 2.38 bits per heavy atom. The first kappa shape index (κ1) is 15.5. The van der Waals surface area contributed by atoms with Gasteiger partial charge in [0.1, 0.15) is 0 Å². The van der Waals surface area contributed by atoms with Crippen LogP contribution in [0.1, 0.15) is 11.1 Å². The normalized spacial score (nSPS) is 10.3. The van der Waals surface area contributed by atoms with E-state index in [1.54, 1.807) is 0 Å². The zero-order chi connectivity index (χ0) is 14.9. The van der Waals surface area contributed by atoms with E-state index in [1.807, 2.05) is 42.5 Å². The van der Waals surface area contributed by atoms with E-state index >= 15 is 0 Å². The molecule has 0 atom stereocenters. The Bertz CT molecular complexity index is 555. The summed E-state index contributed by atoms with van der Waals surface area (Å²) in [6, 6.07) is 17.7. The molecule has 0 fully saturated rings. The van der Waals surface area contributed by atoms with E-state index in [-0.39, 0.29) is 5.91 Å². The lowest BCUT2D eigenvalue weighted by Gasteiger charge is -2.07. The van der Waals surface area contributed by atoms with Gasteiger partial charge in [0.25, 0.3) is 0 Å². The third-order valence-electron chi connectivity index (χ3n) is 3.11. The van der Waals surface area contributed by atoms with Crippen LogP contribution in [0.3, 0.4) is 0 Å². The van der Waals surface area contributed by atoms with Crippen molar-refractivity contribution in [3.8, 4) is 0 Å². The fourth-order valence-corrected chi connectivity index (χ4v) is 2.10. The lowest BCUT2D eigenvalue weighted by atomic mass is 10.1. The highest BCUT2D eigenvalue weighted by molar-refractivity contribution is 6.30. The van der Waals surface area contributed by atoms with Crippen LogP contribution in [0.2, 0.25) is 5.02 Å². The van der Waals surface area contributed by atoms with Crippen molar-refractivity contribution >= 4 is 17.5 Å². The van der Waals surface area contributed by atoms with Crippen molar-refractivity contribution in [1.29, 1.82) is 0 Å². The number of hydrogen-bond acceptors (Lipinski definition) is 2. The number of carbonyl (C=O) groups excluding carboxylic acids is 1. The van der Waals surface area contributed by atoms with Crippen LogP contribution in [0.4, 0.5) is 0 Å². The third kappa shape index (κ3) is 5.98. The molecule has 110 valence electrons. The van der Waals surface area contributed by atoms with Gasteiger partial charge in [-0.1, -0.05) is 54.1 Å². The Morgan fingerprint density at radius 2 is 1.67 bits per heavy atom. The van der Waals surface area contributed by atoms with Gasteiger partial charge in [-0.2, -0.15) is 0 Å². The van der Waals surface area contributed by atoms with Crippen molar-refractivity contribution in [1.82, 2.24) is 10.6 Å². The van der Waals surface area contributed by atoms with Crippen LogP contribution in [0.15, 0.2) is 54.6 Å². The Balaban J connectivity index is 1.60. The Hall–Kier alpha value is -1.84. The maximum Gasteiger partial charge on any atom is 0.233 e. The summed E-state index contributed by atoms with van der Waals surface area (Å²) in [6.45, 7) is 1.63. The maximum absolute atomic E-state index is 11.7. The van der Waals surface area contributed by atoms with Crippen LogP contribution in [0.5, 0.6) is 0 Å². The molecule has 0 saturated carbocycles. The summed E-state index contributed by atoms with van der Waals surface area (Å²) >= 11 is 5.82. The van der Waals surface area contributed by atoms with Gasteiger partial charge < -0.3 is 10.6 Å². The van der Waals surface area contributed by atoms with E-state index in [4.69, 9.17) is 11.6 Å². The van der Waals surface area contributed by atoms with E-state index in [0.717, 1.165) is 17.0 Å². The summed E-state index contributed by atoms with van der Waals surface area (Å²) in [5.41, 5.74) is 2.34. The minimum Gasteiger partial charge on any atom is -0.355 e. The zero-order valence-corrected chi connectivity index (χ0v) is 12.6. The average molecular weight is 303 g/mol. The summed E-state index contributed by atoms with van der Waals surface area (Å²) in [4.78, 5) is 11.7.